The van der Waals surface area contributed by atoms with Crippen molar-refractivity contribution in [3.63, 3.8) is 0 Å². The van der Waals surface area contributed by atoms with Crippen molar-refractivity contribution in [3.05, 3.63) is 29.8 Å². The summed E-state index contributed by atoms with van der Waals surface area (Å²) >= 11 is 0. The highest BCUT2D eigenvalue weighted by molar-refractivity contribution is 5.10. The van der Waals surface area contributed by atoms with E-state index in [9.17, 15) is 4.39 Å². The van der Waals surface area contributed by atoms with Crippen LogP contribution in [0, 0.1) is 11.7 Å². The molecule has 0 aromatic carbocycles. The van der Waals surface area contributed by atoms with Crippen LogP contribution in [0.2, 0.25) is 0 Å². The maximum absolute atomic E-state index is 12.9. The molecule has 0 saturated carbocycles. The summed E-state index contributed by atoms with van der Waals surface area (Å²) in [4.78, 5) is 4.16. The number of aromatic nitrogens is 1. The maximum Gasteiger partial charge on any atom is 0.141 e. The molecule has 19 heavy (non-hydrogen) atoms. The summed E-state index contributed by atoms with van der Waals surface area (Å²) in [5.74, 6) is 0.175. The molecule has 3 nitrogen and oxygen atoms in total. The van der Waals surface area contributed by atoms with Crippen LogP contribution in [0.5, 0.6) is 0 Å². The Morgan fingerprint density at radius 2 is 2.05 bits per heavy atom. The van der Waals surface area contributed by atoms with Crippen LogP contribution in [-0.2, 0) is 4.74 Å². The van der Waals surface area contributed by atoms with E-state index in [1.807, 2.05) is 6.92 Å². The van der Waals surface area contributed by atoms with Crippen LogP contribution in [0.1, 0.15) is 45.9 Å². The predicted octanol–water partition coefficient (Wildman–Crippen LogP) is 3.32. The normalized spacial score (nSPS) is 14.6. The number of nitrogens with zero attached hydrogens (tertiary/aromatic N) is 1. The van der Waals surface area contributed by atoms with Crippen LogP contribution in [0.3, 0.4) is 0 Å². The van der Waals surface area contributed by atoms with Crippen LogP contribution in [0.15, 0.2) is 18.3 Å². The highest BCUT2D eigenvalue weighted by atomic mass is 19.1. The molecule has 0 fully saturated rings. The first-order valence-corrected chi connectivity index (χ1v) is 7.03. The van der Waals surface area contributed by atoms with Gasteiger partial charge in [-0.2, -0.15) is 0 Å². The van der Waals surface area contributed by atoms with Crippen molar-refractivity contribution in [2.45, 2.75) is 46.2 Å². The zero-order valence-corrected chi connectivity index (χ0v) is 12.3. The third-order valence-electron chi connectivity index (χ3n) is 3.24. The van der Waals surface area contributed by atoms with Gasteiger partial charge in [-0.3, -0.25) is 4.98 Å². The molecule has 1 aromatic heterocycles. The number of halogens is 1. The van der Waals surface area contributed by atoms with Gasteiger partial charge in [-0.05, 0) is 31.4 Å². The van der Waals surface area contributed by atoms with Crippen LogP contribution in [-0.4, -0.2) is 24.2 Å². The van der Waals surface area contributed by atoms with E-state index in [1.165, 1.54) is 12.3 Å². The van der Waals surface area contributed by atoms with Gasteiger partial charge in [-0.1, -0.05) is 20.8 Å². The minimum Gasteiger partial charge on any atom is -0.380 e. The largest absolute Gasteiger partial charge is 0.380 e. The molecular weight excluding hydrogens is 243 g/mol. The van der Waals surface area contributed by atoms with E-state index in [0.29, 0.717) is 12.5 Å². The minimum atomic E-state index is -0.298. The van der Waals surface area contributed by atoms with Crippen molar-refractivity contribution in [3.8, 4) is 0 Å². The van der Waals surface area contributed by atoms with Crippen molar-refractivity contribution in [1.82, 2.24) is 10.3 Å². The molecule has 0 amide bonds. The fourth-order valence-electron chi connectivity index (χ4n) is 1.94. The first kappa shape index (κ1) is 16.1. The number of rotatable bonds is 8. The summed E-state index contributed by atoms with van der Waals surface area (Å²) in [6.45, 7) is 9.84. The molecule has 0 radical (unpaired) electrons. The quantitative estimate of drug-likeness (QED) is 0.785. The monoisotopic (exact) mass is 268 g/mol. The fraction of sp³-hybridized carbons (Fsp3) is 0.667. The lowest BCUT2D eigenvalue weighted by Crippen LogP contribution is -2.40. The number of ether oxygens (including phenoxy) is 1. The summed E-state index contributed by atoms with van der Waals surface area (Å²) in [5.41, 5.74) is 0.881. The first-order chi connectivity index (χ1) is 9.08. The fourth-order valence-corrected chi connectivity index (χ4v) is 1.94. The van der Waals surface area contributed by atoms with Gasteiger partial charge in [0.15, 0.2) is 0 Å². The molecule has 108 valence electrons. The van der Waals surface area contributed by atoms with E-state index in [0.717, 1.165) is 18.7 Å². The topological polar surface area (TPSA) is 34.1 Å². The minimum absolute atomic E-state index is 0.133. The number of hydrogen-bond acceptors (Lipinski definition) is 3. The van der Waals surface area contributed by atoms with E-state index in [-0.39, 0.29) is 17.9 Å². The lowest BCUT2D eigenvalue weighted by atomic mass is 10.0. The Balaban J connectivity index is 2.70. The first-order valence-electron chi connectivity index (χ1n) is 7.03. The van der Waals surface area contributed by atoms with Crippen LogP contribution in [0.4, 0.5) is 4.39 Å². The molecule has 1 N–H and O–H groups in total. The number of pyridine rings is 1. The lowest BCUT2D eigenvalue weighted by Gasteiger charge is -2.27. The van der Waals surface area contributed by atoms with Crippen molar-refractivity contribution < 1.29 is 9.13 Å². The highest BCUT2D eigenvalue weighted by Gasteiger charge is 2.19. The molecule has 1 heterocycles. The van der Waals surface area contributed by atoms with Gasteiger partial charge in [0.2, 0.25) is 0 Å². The Labute approximate surface area is 115 Å². The zero-order chi connectivity index (χ0) is 14.3. The SMILES string of the molecule is CCOCC(NC(CC)c1ccc(F)cn1)C(C)C. The lowest BCUT2D eigenvalue weighted by molar-refractivity contribution is 0.103. The standard InChI is InChI=1S/C15H25FN2O/c1-5-13(14-8-7-12(16)9-17-14)18-15(11(3)4)10-19-6-2/h7-9,11,13,15,18H,5-6,10H2,1-4H3. The maximum atomic E-state index is 12.9. The molecule has 0 bridgehead atoms. The summed E-state index contributed by atoms with van der Waals surface area (Å²) < 4.78 is 18.4. The Morgan fingerprint density at radius 3 is 2.53 bits per heavy atom. The van der Waals surface area contributed by atoms with Gasteiger partial charge in [-0.15, -0.1) is 0 Å². The van der Waals surface area contributed by atoms with Crippen molar-refractivity contribution in [1.29, 1.82) is 0 Å². The van der Waals surface area contributed by atoms with Gasteiger partial charge in [-0.25, -0.2) is 4.39 Å². The second-order valence-corrected chi connectivity index (χ2v) is 5.04. The van der Waals surface area contributed by atoms with E-state index in [1.54, 1.807) is 6.07 Å². The molecule has 2 unspecified atom stereocenters. The summed E-state index contributed by atoms with van der Waals surface area (Å²) in [6.07, 6.45) is 2.18. The van der Waals surface area contributed by atoms with Gasteiger partial charge in [0, 0.05) is 18.7 Å². The molecule has 4 heteroatoms. The van der Waals surface area contributed by atoms with Crippen molar-refractivity contribution >= 4 is 0 Å². The van der Waals surface area contributed by atoms with Gasteiger partial charge in [0.25, 0.3) is 0 Å². The summed E-state index contributed by atoms with van der Waals surface area (Å²) in [6, 6.07) is 3.61. The number of nitrogens with one attached hydrogen (secondary N) is 1. The molecule has 0 aliphatic heterocycles. The molecule has 0 aliphatic rings. The molecule has 1 aromatic rings. The molecule has 1 rings (SSSR count). The zero-order valence-electron chi connectivity index (χ0n) is 12.3. The summed E-state index contributed by atoms with van der Waals surface area (Å²) in [7, 11) is 0. The average molecular weight is 268 g/mol. The van der Waals surface area contributed by atoms with E-state index in [4.69, 9.17) is 4.74 Å². The highest BCUT2D eigenvalue weighted by Crippen LogP contribution is 2.17. The van der Waals surface area contributed by atoms with Gasteiger partial charge in [0.1, 0.15) is 5.82 Å². The van der Waals surface area contributed by atoms with Crippen LogP contribution >= 0.6 is 0 Å². The van der Waals surface area contributed by atoms with Crippen LogP contribution < -0.4 is 5.32 Å². The second-order valence-electron chi connectivity index (χ2n) is 5.04. The van der Waals surface area contributed by atoms with E-state index in [2.05, 4.69) is 31.1 Å². The third kappa shape index (κ3) is 5.25. The number of hydrogen-bond donors (Lipinski definition) is 1. The summed E-state index contributed by atoms with van der Waals surface area (Å²) in [5, 5.41) is 3.56. The average Bonchev–Trinajstić information content (AvgIpc) is 2.40. The Bertz CT molecular complexity index is 354. The molecule has 0 aliphatic carbocycles. The van der Waals surface area contributed by atoms with Crippen molar-refractivity contribution in [2.24, 2.45) is 5.92 Å². The Hall–Kier alpha value is -1.00. The smallest absolute Gasteiger partial charge is 0.141 e. The molecule has 0 spiro atoms. The Kier molecular flexibility index (Phi) is 6.95. The van der Waals surface area contributed by atoms with Gasteiger partial charge < -0.3 is 10.1 Å². The molecular formula is C15H25FN2O. The van der Waals surface area contributed by atoms with Gasteiger partial charge >= 0.3 is 0 Å². The van der Waals surface area contributed by atoms with Crippen molar-refractivity contribution in [2.75, 3.05) is 13.2 Å². The van der Waals surface area contributed by atoms with Gasteiger partial charge in [0.05, 0.1) is 18.5 Å². The second kappa shape index (κ2) is 8.23. The molecule has 0 saturated heterocycles. The Morgan fingerprint density at radius 1 is 1.32 bits per heavy atom. The predicted molar refractivity (Wildman–Crippen MR) is 75.5 cm³/mol. The van der Waals surface area contributed by atoms with Crippen LogP contribution in [0.25, 0.3) is 0 Å². The third-order valence-corrected chi connectivity index (χ3v) is 3.24. The van der Waals surface area contributed by atoms with E-state index >= 15 is 0 Å². The van der Waals surface area contributed by atoms with E-state index < -0.39 is 0 Å². The molecule has 2 atom stereocenters.